The van der Waals surface area contributed by atoms with Crippen molar-refractivity contribution in [3.63, 3.8) is 0 Å². The van der Waals surface area contributed by atoms with Gasteiger partial charge in [-0.15, -0.1) is 0 Å². The standard InChI is InChI=1S/C8H18O2/c1-5-8(4,9)6-10-7(2)3/h7,9H,5-6H2,1-4H3. The third-order valence-corrected chi connectivity index (χ3v) is 1.49. The van der Waals surface area contributed by atoms with Crippen LogP contribution >= 0.6 is 0 Å². The van der Waals surface area contributed by atoms with Crippen LogP contribution in [0, 0.1) is 0 Å². The monoisotopic (exact) mass is 146 g/mol. The predicted molar refractivity (Wildman–Crippen MR) is 42.0 cm³/mol. The van der Waals surface area contributed by atoms with Crippen molar-refractivity contribution in [3.8, 4) is 0 Å². The summed E-state index contributed by atoms with van der Waals surface area (Å²) < 4.78 is 5.25. The molecule has 0 bridgehead atoms. The molecule has 2 nitrogen and oxygen atoms in total. The van der Waals surface area contributed by atoms with Crippen LogP contribution in [-0.2, 0) is 4.74 Å². The molecule has 0 fully saturated rings. The van der Waals surface area contributed by atoms with Gasteiger partial charge in [0.15, 0.2) is 0 Å². The minimum absolute atomic E-state index is 0.207. The number of rotatable bonds is 4. The number of hydrogen-bond donors (Lipinski definition) is 1. The van der Waals surface area contributed by atoms with Crippen molar-refractivity contribution in [2.45, 2.75) is 45.8 Å². The van der Waals surface area contributed by atoms with E-state index in [4.69, 9.17) is 4.74 Å². The highest BCUT2D eigenvalue weighted by atomic mass is 16.5. The minimum atomic E-state index is -0.649. The fraction of sp³-hybridized carbons (Fsp3) is 1.00. The molecule has 0 aliphatic heterocycles. The zero-order valence-electron chi connectivity index (χ0n) is 7.35. The molecule has 0 aliphatic rings. The lowest BCUT2D eigenvalue weighted by Gasteiger charge is -2.22. The van der Waals surface area contributed by atoms with Crippen LogP contribution in [0.25, 0.3) is 0 Å². The van der Waals surface area contributed by atoms with Gasteiger partial charge in [0.25, 0.3) is 0 Å². The van der Waals surface area contributed by atoms with Gasteiger partial charge in [-0.1, -0.05) is 6.92 Å². The topological polar surface area (TPSA) is 29.5 Å². The Kier molecular flexibility index (Phi) is 3.91. The molecule has 0 rings (SSSR count). The van der Waals surface area contributed by atoms with E-state index in [2.05, 4.69) is 0 Å². The Labute approximate surface area is 63.2 Å². The van der Waals surface area contributed by atoms with Crippen molar-refractivity contribution < 1.29 is 9.84 Å². The van der Waals surface area contributed by atoms with E-state index >= 15 is 0 Å². The Balaban J connectivity index is 3.46. The average Bonchev–Trinajstić information content (AvgIpc) is 1.85. The molecule has 0 heterocycles. The van der Waals surface area contributed by atoms with E-state index in [1.807, 2.05) is 20.8 Å². The van der Waals surface area contributed by atoms with Gasteiger partial charge in [-0.05, 0) is 27.2 Å². The van der Waals surface area contributed by atoms with Crippen LogP contribution in [0.1, 0.15) is 34.1 Å². The first-order valence-electron chi connectivity index (χ1n) is 3.82. The second-order valence-electron chi connectivity index (χ2n) is 3.21. The lowest BCUT2D eigenvalue weighted by molar-refractivity contribution is -0.0552. The maximum atomic E-state index is 9.45. The van der Waals surface area contributed by atoms with Crippen LogP contribution in [0.3, 0.4) is 0 Å². The zero-order valence-corrected chi connectivity index (χ0v) is 7.35. The molecule has 1 N–H and O–H groups in total. The largest absolute Gasteiger partial charge is 0.388 e. The van der Waals surface area contributed by atoms with Crippen LogP contribution < -0.4 is 0 Å². The lowest BCUT2D eigenvalue weighted by atomic mass is 10.1. The Morgan fingerprint density at radius 1 is 1.50 bits per heavy atom. The second kappa shape index (κ2) is 3.94. The van der Waals surface area contributed by atoms with Gasteiger partial charge in [-0.25, -0.2) is 0 Å². The smallest absolute Gasteiger partial charge is 0.0849 e. The minimum Gasteiger partial charge on any atom is -0.388 e. The van der Waals surface area contributed by atoms with Crippen LogP contribution in [0.2, 0.25) is 0 Å². The molecule has 0 amide bonds. The van der Waals surface area contributed by atoms with Crippen molar-refractivity contribution in [1.29, 1.82) is 0 Å². The van der Waals surface area contributed by atoms with Gasteiger partial charge in [0.05, 0.1) is 18.3 Å². The average molecular weight is 146 g/mol. The lowest BCUT2D eigenvalue weighted by Crippen LogP contribution is -2.30. The van der Waals surface area contributed by atoms with Gasteiger partial charge < -0.3 is 9.84 Å². The van der Waals surface area contributed by atoms with E-state index in [-0.39, 0.29) is 6.10 Å². The van der Waals surface area contributed by atoms with Gasteiger partial charge in [-0.2, -0.15) is 0 Å². The van der Waals surface area contributed by atoms with Gasteiger partial charge >= 0.3 is 0 Å². The first-order chi connectivity index (χ1) is 4.48. The van der Waals surface area contributed by atoms with Crippen LogP contribution in [0.15, 0.2) is 0 Å². The van der Waals surface area contributed by atoms with Crippen molar-refractivity contribution in [2.24, 2.45) is 0 Å². The summed E-state index contributed by atoms with van der Waals surface area (Å²) in [6.45, 7) is 8.09. The second-order valence-corrected chi connectivity index (χ2v) is 3.21. The number of ether oxygens (including phenoxy) is 1. The summed E-state index contributed by atoms with van der Waals surface area (Å²) in [6.07, 6.45) is 0.942. The Morgan fingerprint density at radius 2 is 2.00 bits per heavy atom. The first kappa shape index (κ1) is 9.92. The fourth-order valence-corrected chi connectivity index (χ4v) is 0.448. The third-order valence-electron chi connectivity index (χ3n) is 1.49. The fourth-order valence-electron chi connectivity index (χ4n) is 0.448. The Morgan fingerprint density at radius 3 is 2.30 bits per heavy atom. The predicted octanol–water partition coefficient (Wildman–Crippen LogP) is 1.57. The molecule has 1 atom stereocenters. The normalized spacial score (nSPS) is 17.4. The summed E-state index contributed by atoms with van der Waals surface area (Å²) in [4.78, 5) is 0. The van der Waals surface area contributed by atoms with Gasteiger partial charge in [0.2, 0.25) is 0 Å². The number of aliphatic hydroxyl groups is 1. The molecule has 0 spiro atoms. The molecule has 62 valence electrons. The Hall–Kier alpha value is -0.0800. The van der Waals surface area contributed by atoms with E-state index < -0.39 is 5.60 Å². The van der Waals surface area contributed by atoms with Crippen molar-refractivity contribution >= 4 is 0 Å². The quantitative estimate of drug-likeness (QED) is 0.652. The van der Waals surface area contributed by atoms with Crippen molar-refractivity contribution in [1.82, 2.24) is 0 Å². The SMILES string of the molecule is CCC(C)(O)COC(C)C. The zero-order chi connectivity index (χ0) is 8.20. The molecule has 1 unspecified atom stereocenters. The summed E-state index contributed by atoms with van der Waals surface area (Å²) in [5.74, 6) is 0. The third kappa shape index (κ3) is 4.77. The molecule has 0 radical (unpaired) electrons. The number of hydrogen-bond acceptors (Lipinski definition) is 2. The molecular formula is C8H18O2. The van der Waals surface area contributed by atoms with Crippen LogP contribution in [0.4, 0.5) is 0 Å². The van der Waals surface area contributed by atoms with Gasteiger partial charge in [0.1, 0.15) is 0 Å². The Bertz CT molecular complexity index is 87.3. The van der Waals surface area contributed by atoms with Gasteiger partial charge in [0, 0.05) is 0 Å². The molecule has 10 heavy (non-hydrogen) atoms. The van der Waals surface area contributed by atoms with Crippen LogP contribution in [-0.4, -0.2) is 23.4 Å². The first-order valence-corrected chi connectivity index (χ1v) is 3.82. The summed E-state index contributed by atoms with van der Waals surface area (Å²) in [5.41, 5.74) is -0.649. The molecule has 0 saturated heterocycles. The summed E-state index contributed by atoms with van der Waals surface area (Å²) in [6, 6.07) is 0. The maximum absolute atomic E-state index is 9.45. The molecule has 0 aromatic heterocycles. The van der Waals surface area contributed by atoms with Crippen molar-refractivity contribution in [3.05, 3.63) is 0 Å². The van der Waals surface area contributed by atoms with E-state index in [9.17, 15) is 5.11 Å². The summed E-state index contributed by atoms with van der Waals surface area (Å²) in [5, 5.41) is 9.45. The van der Waals surface area contributed by atoms with Crippen molar-refractivity contribution in [2.75, 3.05) is 6.61 Å². The van der Waals surface area contributed by atoms with E-state index in [0.717, 1.165) is 6.42 Å². The molecule has 0 aliphatic carbocycles. The highest BCUT2D eigenvalue weighted by Crippen LogP contribution is 2.09. The van der Waals surface area contributed by atoms with E-state index in [1.54, 1.807) is 6.92 Å². The maximum Gasteiger partial charge on any atom is 0.0849 e. The van der Waals surface area contributed by atoms with E-state index in [1.165, 1.54) is 0 Å². The van der Waals surface area contributed by atoms with Gasteiger partial charge in [-0.3, -0.25) is 0 Å². The highest BCUT2D eigenvalue weighted by Gasteiger charge is 2.17. The summed E-state index contributed by atoms with van der Waals surface area (Å²) in [7, 11) is 0. The molecule has 2 heteroatoms. The van der Waals surface area contributed by atoms with E-state index in [0.29, 0.717) is 6.61 Å². The molecule has 0 saturated carbocycles. The molecule has 0 aromatic carbocycles. The molecule has 0 aromatic rings. The summed E-state index contributed by atoms with van der Waals surface area (Å²) >= 11 is 0. The highest BCUT2D eigenvalue weighted by molar-refractivity contribution is 4.68. The molecular weight excluding hydrogens is 128 g/mol. The van der Waals surface area contributed by atoms with Crippen LogP contribution in [0.5, 0.6) is 0 Å².